The molecule has 1 heterocycles. The molecule has 0 amide bonds. The maximum absolute atomic E-state index is 5.42. The molecule has 0 aromatic rings. The van der Waals surface area contributed by atoms with E-state index < -0.39 is 0 Å². The second-order valence-corrected chi connectivity index (χ2v) is 2.28. The molecule has 0 aliphatic carbocycles. The fourth-order valence-corrected chi connectivity index (χ4v) is 0.985. The number of allylic oxidation sites excluding steroid dienone is 2. The molecule has 3 heteroatoms. The van der Waals surface area contributed by atoms with E-state index in [0.717, 1.165) is 11.4 Å². The summed E-state index contributed by atoms with van der Waals surface area (Å²) in [7, 11) is 0. The van der Waals surface area contributed by atoms with Crippen LogP contribution in [0.2, 0.25) is 0 Å². The van der Waals surface area contributed by atoms with Crippen LogP contribution in [0, 0.1) is 0 Å². The van der Waals surface area contributed by atoms with Gasteiger partial charge in [-0.15, -0.1) is 24.2 Å². The molecule has 0 fully saturated rings. The molecule has 0 bridgehead atoms. The van der Waals surface area contributed by atoms with E-state index in [9.17, 15) is 0 Å². The molecule has 1 aliphatic heterocycles. The second-order valence-electron chi connectivity index (χ2n) is 1.38. The largest absolute Gasteiger partial charge is 0.401 e. The molecule has 0 aromatic heterocycles. The van der Waals surface area contributed by atoms with Crippen LogP contribution < -0.4 is 5.73 Å². The Morgan fingerprint density at radius 2 is 2.38 bits per heavy atom. The molecule has 0 saturated heterocycles. The van der Waals surface area contributed by atoms with Crippen molar-refractivity contribution in [3.63, 3.8) is 0 Å². The smallest absolute Gasteiger partial charge is 0.0372 e. The minimum atomic E-state index is 0. The van der Waals surface area contributed by atoms with E-state index in [1.807, 2.05) is 17.6 Å². The van der Waals surface area contributed by atoms with Gasteiger partial charge in [0.2, 0.25) is 0 Å². The Morgan fingerprint density at radius 3 is 2.62 bits per heavy atom. The van der Waals surface area contributed by atoms with Gasteiger partial charge in [0.1, 0.15) is 0 Å². The summed E-state index contributed by atoms with van der Waals surface area (Å²) in [6.45, 7) is 0. The van der Waals surface area contributed by atoms with E-state index in [1.54, 1.807) is 11.8 Å². The predicted molar refractivity (Wildman–Crippen MR) is 41.1 cm³/mol. The van der Waals surface area contributed by atoms with E-state index in [2.05, 4.69) is 0 Å². The molecule has 0 unspecified atom stereocenters. The van der Waals surface area contributed by atoms with Gasteiger partial charge in [-0.1, -0.05) is 6.08 Å². The lowest BCUT2D eigenvalue weighted by atomic mass is 10.4. The van der Waals surface area contributed by atoms with Crippen LogP contribution >= 0.6 is 24.2 Å². The van der Waals surface area contributed by atoms with Crippen LogP contribution in [0.25, 0.3) is 0 Å². The lowest BCUT2D eigenvalue weighted by Gasteiger charge is -1.98. The number of hydrogen-bond donors (Lipinski definition) is 1. The third-order valence-electron chi connectivity index (χ3n) is 0.735. The Hall–Kier alpha value is -0.0800. The lowest BCUT2D eigenvalue weighted by Crippen LogP contribution is -1.99. The molecule has 46 valence electrons. The first-order valence-corrected chi connectivity index (χ1v) is 3.17. The maximum Gasteiger partial charge on any atom is 0.0372 e. The highest BCUT2D eigenvalue weighted by atomic mass is 35.5. The first-order chi connectivity index (χ1) is 3.39. The van der Waals surface area contributed by atoms with Crippen LogP contribution in [0.3, 0.4) is 0 Å². The standard InChI is InChI=1S/C5H7NS.ClH/c6-5-2-1-3-7-4-5;/h1-3H,4,6H2;1H. The molecule has 0 atom stereocenters. The second kappa shape index (κ2) is 3.87. The molecule has 0 saturated carbocycles. The molecule has 0 aromatic carbocycles. The van der Waals surface area contributed by atoms with Crippen LogP contribution in [-0.2, 0) is 0 Å². The average molecular weight is 150 g/mol. The topological polar surface area (TPSA) is 26.0 Å². The summed E-state index contributed by atoms with van der Waals surface area (Å²) >= 11 is 1.73. The van der Waals surface area contributed by atoms with Gasteiger partial charge in [-0.2, -0.15) is 0 Å². The molecular weight excluding hydrogens is 142 g/mol. The molecule has 1 nitrogen and oxygen atoms in total. The van der Waals surface area contributed by atoms with E-state index in [0.29, 0.717) is 0 Å². The van der Waals surface area contributed by atoms with E-state index in [-0.39, 0.29) is 12.4 Å². The maximum atomic E-state index is 5.42. The number of halogens is 1. The number of nitrogens with two attached hydrogens (primary N) is 1. The van der Waals surface area contributed by atoms with Gasteiger partial charge in [0.25, 0.3) is 0 Å². The number of rotatable bonds is 0. The molecule has 8 heavy (non-hydrogen) atoms. The molecular formula is C5H8ClNS. The van der Waals surface area contributed by atoms with Crippen molar-refractivity contribution in [2.45, 2.75) is 0 Å². The third kappa shape index (κ3) is 2.28. The van der Waals surface area contributed by atoms with Crippen molar-refractivity contribution in [1.29, 1.82) is 0 Å². The Kier molecular flexibility index (Phi) is 3.83. The Balaban J connectivity index is 0.000000490. The highest BCUT2D eigenvalue weighted by Gasteiger charge is 1.89. The van der Waals surface area contributed by atoms with Crippen molar-refractivity contribution in [2.24, 2.45) is 5.73 Å². The summed E-state index contributed by atoms with van der Waals surface area (Å²) in [6.07, 6.45) is 3.89. The van der Waals surface area contributed by atoms with Gasteiger partial charge in [0.15, 0.2) is 0 Å². The Bertz CT molecular complexity index is 120. The van der Waals surface area contributed by atoms with Crippen LogP contribution in [0.15, 0.2) is 23.3 Å². The zero-order chi connectivity index (χ0) is 5.11. The normalized spacial score (nSPS) is 16.8. The Labute approximate surface area is 59.4 Å². The number of thioether (sulfide) groups is 1. The minimum absolute atomic E-state index is 0. The van der Waals surface area contributed by atoms with E-state index >= 15 is 0 Å². The van der Waals surface area contributed by atoms with Crippen LogP contribution in [0.5, 0.6) is 0 Å². The quantitative estimate of drug-likeness (QED) is 0.565. The van der Waals surface area contributed by atoms with Gasteiger partial charge < -0.3 is 5.73 Å². The number of hydrogen-bond acceptors (Lipinski definition) is 2. The van der Waals surface area contributed by atoms with Crippen molar-refractivity contribution in [2.75, 3.05) is 5.75 Å². The SMILES string of the molecule is Cl.NC1=CC=CSC1. The summed E-state index contributed by atoms with van der Waals surface area (Å²) in [5, 5.41) is 2.04. The molecule has 0 radical (unpaired) electrons. The fraction of sp³-hybridized carbons (Fsp3) is 0.200. The van der Waals surface area contributed by atoms with E-state index in [1.165, 1.54) is 0 Å². The summed E-state index contributed by atoms with van der Waals surface area (Å²) in [5.74, 6) is 0.955. The van der Waals surface area contributed by atoms with Crippen molar-refractivity contribution in [1.82, 2.24) is 0 Å². The van der Waals surface area contributed by atoms with Gasteiger partial charge >= 0.3 is 0 Å². The van der Waals surface area contributed by atoms with Crippen molar-refractivity contribution in [3.8, 4) is 0 Å². The molecule has 2 N–H and O–H groups in total. The third-order valence-corrected chi connectivity index (χ3v) is 1.58. The van der Waals surface area contributed by atoms with Gasteiger partial charge in [0.05, 0.1) is 0 Å². The minimum Gasteiger partial charge on any atom is -0.401 e. The van der Waals surface area contributed by atoms with Crippen LogP contribution in [-0.4, -0.2) is 5.75 Å². The van der Waals surface area contributed by atoms with Crippen LogP contribution in [0.1, 0.15) is 0 Å². The van der Waals surface area contributed by atoms with Crippen molar-refractivity contribution < 1.29 is 0 Å². The first-order valence-electron chi connectivity index (χ1n) is 2.12. The van der Waals surface area contributed by atoms with Gasteiger partial charge in [-0.05, 0) is 11.5 Å². The molecule has 0 spiro atoms. The summed E-state index contributed by atoms with van der Waals surface area (Å²) < 4.78 is 0. The van der Waals surface area contributed by atoms with Gasteiger partial charge in [0, 0.05) is 11.4 Å². The molecule has 1 rings (SSSR count). The summed E-state index contributed by atoms with van der Waals surface area (Å²) in [4.78, 5) is 0. The van der Waals surface area contributed by atoms with Crippen LogP contribution in [0.4, 0.5) is 0 Å². The Morgan fingerprint density at radius 1 is 1.62 bits per heavy atom. The van der Waals surface area contributed by atoms with Gasteiger partial charge in [-0.3, -0.25) is 0 Å². The highest BCUT2D eigenvalue weighted by Crippen LogP contribution is 2.09. The van der Waals surface area contributed by atoms with E-state index in [4.69, 9.17) is 5.73 Å². The summed E-state index contributed by atoms with van der Waals surface area (Å²) in [6, 6.07) is 0. The summed E-state index contributed by atoms with van der Waals surface area (Å²) in [5.41, 5.74) is 6.39. The van der Waals surface area contributed by atoms with Gasteiger partial charge in [-0.25, -0.2) is 0 Å². The highest BCUT2D eigenvalue weighted by molar-refractivity contribution is 8.02. The predicted octanol–water partition coefficient (Wildman–Crippen LogP) is 1.51. The zero-order valence-electron chi connectivity index (χ0n) is 4.33. The first kappa shape index (κ1) is 7.92. The zero-order valence-corrected chi connectivity index (χ0v) is 5.97. The molecule has 1 aliphatic rings. The van der Waals surface area contributed by atoms with Crippen molar-refractivity contribution >= 4 is 24.2 Å². The van der Waals surface area contributed by atoms with Crippen molar-refractivity contribution in [3.05, 3.63) is 23.3 Å². The monoisotopic (exact) mass is 149 g/mol. The lowest BCUT2D eigenvalue weighted by molar-refractivity contribution is 1.33. The average Bonchev–Trinajstić information content (AvgIpc) is 1.69. The fourth-order valence-electron chi connectivity index (χ4n) is 0.411.